The second-order valence-corrected chi connectivity index (χ2v) is 3.63. The van der Waals surface area contributed by atoms with Gasteiger partial charge in [0.2, 0.25) is 4.45 Å². The SMILES string of the molecule is Cc1c(F)cc(N(F)C(=S)Cl)c(F)c1F. The summed E-state index contributed by atoms with van der Waals surface area (Å²) in [5.41, 5.74) is -1.53. The van der Waals surface area contributed by atoms with Crippen LogP contribution in [-0.4, -0.2) is 4.45 Å². The molecular weight excluding hydrogens is 254 g/mol. The molecule has 1 aromatic rings. The van der Waals surface area contributed by atoms with Crippen molar-refractivity contribution in [2.24, 2.45) is 0 Å². The third kappa shape index (κ3) is 2.21. The van der Waals surface area contributed by atoms with Crippen LogP contribution >= 0.6 is 23.8 Å². The Morgan fingerprint density at radius 1 is 1.33 bits per heavy atom. The van der Waals surface area contributed by atoms with Crippen LogP contribution in [0.1, 0.15) is 5.56 Å². The molecule has 7 heteroatoms. The standard InChI is InChI=1S/C8H4ClF4NS/c1-3-4(10)2-5(7(12)6(3)11)14(13)8(9)15/h2H,1H3. The van der Waals surface area contributed by atoms with Crippen molar-refractivity contribution in [3.8, 4) is 0 Å². The van der Waals surface area contributed by atoms with E-state index in [1.807, 2.05) is 0 Å². The largest absolute Gasteiger partial charge is 0.207 e. The highest BCUT2D eigenvalue weighted by Crippen LogP contribution is 2.27. The zero-order chi connectivity index (χ0) is 11.7. The number of thiocarbonyl (C=S) groups is 1. The lowest BCUT2D eigenvalue weighted by atomic mass is 10.2. The van der Waals surface area contributed by atoms with Crippen LogP contribution in [0.4, 0.5) is 23.3 Å². The van der Waals surface area contributed by atoms with Crippen LogP contribution in [0.2, 0.25) is 0 Å². The van der Waals surface area contributed by atoms with Crippen molar-refractivity contribution in [1.29, 1.82) is 0 Å². The highest BCUT2D eigenvalue weighted by atomic mass is 35.5. The molecule has 0 aliphatic carbocycles. The summed E-state index contributed by atoms with van der Waals surface area (Å²) in [7, 11) is 0. The summed E-state index contributed by atoms with van der Waals surface area (Å²) in [5, 5.41) is -0.516. The molecule has 0 bridgehead atoms. The summed E-state index contributed by atoms with van der Waals surface area (Å²) >= 11 is 9.23. The molecule has 0 atom stereocenters. The first-order valence-electron chi connectivity index (χ1n) is 3.65. The Kier molecular flexibility index (Phi) is 3.51. The van der Waals surface area contributed by atoms with E-state index in [1.54, 1.807) is 0 Å². The van der Waals surface area contributed by atoms with Crippen molar-refractivity contribution in [3.05, 3.63) is 29.1 Å². The van der Waals surface area contributed by atoms with Crippen LogP contribution in [0.3, 0.4) is 0 Å². The maximum absolute atomic E-state index is 13.1. The third-order valence-electron chi connectivity index (χ3n) is 1.73. The Morgan fingerprint density at radius 3 is 2.33 bits per heavy atom. The highest BCUT2D eigenvalue weighted by Gasteiger charge is 2.21. The summed E-state index contributed by atoms with van der Waals surface area (Å²) < 4.78 is 51.2. The van der Waals surface area contributed by atoms with E-state index in [2.05, 4.69) is 12.2 Å². The van der Waals surface area contributed by atoms with E-state index in [0.717, 1.165) is 6.92 Å². The molecule has 1 rings (SSSR count). The molecule has 0 N–H and O–H groups in total. The van der Waals surface area contributed by atoms with Crippen molar-refractivity contribution >= 4 is 34.0 Å². The molecule has 0 aromatic heterocycles. The normalized spacial score (nSPS) is 10.3. The van der Waals surface area contributed by atoms with Gasteiger partial charge in [0.1, 0.15) is 11.5 Å². The predicted octanol–water partition coefficient (Wildman–Crippen LogP) is 3.63. The second-order valence-electron chi connectivity index (χ2n) is 2.66. The lowest BCUT2D eigenvalue weighted by Crippen LogP contribution is -2.17. The van der Waals surface area contributed by atoms with E-state index in [4.69, 9.17) is 11.6 Å². The summed E-state index contributed by atoms with van der Waals surface area (Å²) in [6, 6.07) is 0.475. The molecule has 0 saturated heterocycles. The molecule has 0 amide bonds. The molecule has 0 fully saturated rings. The van der Waals surface area contributed by atoms with Crippen LogP contribution in [-0.2, 0) is 0 Å². The zero-order valence-corrected chi connectivity index (χ0v) is 8.90. The van der Waals surface area contributed by atoms with Crippen LogP contribution in [0.15, 0.2) is 6.07 Å². The van der Waals surface area contributed by atoms with Gasteiger partial charge in [-0.25, -0.2) is 13.2 Å². The maximum atomic E-state index is 13.1. The van der Waals surface area contributed by atoms with E-state index in [1.165, 1.54) is 0 Å². The van der Waals surface area contributed by atoms with Crippen LogP contribution in [0.25, 0.3) is 0 Å². The Morgan fingerprint density at radius 2 is 1.87 bits per heavy atom. The molecule has 0 aliphatic rings. The summed E-state index contributed by atoms with van der Waals surface area (Å²) in [6.45, 7) is 1.03. The Balaban J connectivity index is 3.38. The lowest BCUT2D eigenvalue weighted by Gasteiger charge is -2.12. The van der Waals surface area contributed by atoms with Gasteiger partial charge in [-0.05, 0) is 30.7 Å². The molecule has 0 spiro atoms. The first kappa shape index (κ1) is 12.2. The van der Waals surface area contributed by atoms with Gasteiger partial charge in [0.25, 0.3) is 0 Å². The molecule has 1 aromatic carbocycles. The summed E-state index contributed by atoms with van der Waals surface area (Å²) in [4.78, 5) is 0. The number of rotatable bonds is 1. The second kappa shape index (κ2) is 4.32. The van der Waals surface area contributed by atoms with Gasteiger partial charge in [-0.15, -0.1) is 0 Å². The van der Waals surface area contributed by atoms with Gasteiger partial charge in [-0.2, -0.15) is 5.12 Å². The molecule has 1 nitrogen and oxygen atoms in total. The minimum absolute atomic E-state index is 0.475. The van der Waals surface area contributed by atoms with Crippen molar-refractivity contribution < 1.29 is 17.7 Å². The van der Waals surface area contributed by atoms with Crippen LogP contribution in [0, 0.1) is 24.4 Å². The topological polar surface area (TPSA) is 3.24 Å². The summed E-state index contributed by atoms with van der Waals surface area (Å²) in [5.74, 6) is -4.10. The zero-order valence-electron chi connectivity index (χ0n) is 7.32. The van der Waals surface area contributed by atoms with Crippen LogP contribution in [0.5, 0.6) is 0 Å². The quantitative estimate of drug-likeness (QED) is 0.189. The van der Waals surface area contributed by atoms with Gasteiger partial charge >= 0.3 is 0 Å². The summed E-state index contributed by atoms with van der Waals surface area (Å²) in [6.07, 6.45) is 0. The number of anilines is 1. The van der Waals surface area contributed by atoms with E-state index in [-0.39, 0.29) is 0 Å². The number of hydrogen-bond acceptors (Lipinski definition) is 1. The molecule has 0 saturated carbocycles. The molecule has 0 heterocycles. The fraction of sp³-hybridized carbons (Fsp3) is 0.125. The minimum atomic E-state index is -1.54. The van der Waals surface area contributed by atoms with Crippen molar-refractivity contribution in [1.82, 2.24) is 0 Å². The number of hydrogen-bond donors (Lipinski definition) is 0. The number of halogens is 5. The highest BCUT2D eigenvalue weighted by molar-refractivity contribution is 7.83. The first-order valence-corrected chi connectivity index (χ1v) is 4.44. The molecule has 0 unspecified atom stereocenters. The maximum Gasteiger partial charge on any atom is 0.204 e. The molecule has 15 heavy (non-hydrogen) atoms. The third-order valence-corrected chi connectivity index (χ3v) is 2.04. The molecule has 82 valence electrons. The van der Waals surface area contributed by atoms with Gasteiger partial charge in [0.15, 0.2) is 11.6 Å². The molecular formula is C8H4ClF4NS. The van der Waals surface area contributed by atoms with E-state index in [9.17, 15) is 17.7 Å². The van der Waals surface area contributed by atoms with Crippen molar-refractivity contribution in [2.75, 3.05) is 5.12 Å². The van der Waals surface area contributed by atoms with Crippen molar-refractivity contribution in [3.63, 3.8) is 0 Å². The average Bonchev–Trinajstić information content (AvgIpc) is 2.19. The minimum Gasteiger partial charge on any atom is -0.207 e. The van der Waals surface area contributed by atoms with Gasteiger partial charge in [0, 0.05) is 11.6 Å². The Labute approximate surface area is 93.2 Å². The number of nitrogens with zero attached hydrogens (tertiary/aromatic N) is 1. The van der Waals surface area contributed by atoms with Gasteiger partial charge < -0.3 is 0 Å². The molecule has 0 radical (unpaired) electrons. The molecule has 0 aliphatic heterocycles. The number of benzene rings is 1. The van der Waals surface area contributed by atoms with Gasteiger partial charge in [0.05, 0.1) is 0 Å². The fourth-order valence-electron chi connectivity index (χ4n) is 0.911. The first-order chi connectivity index (χ1) is 6.86. The van der Waals surface area contributed by atoms with Gasteiger partial charge in [-0.1, -0.05) is 4.48 Å². The van der Waals surface area contributed by atoms with E-state index >= 15 is 0 Å². The fourth-order valence-corrected chi connectivity index (χ4v) is 1.10. The van der Waals surface area contributed by atoms with E-state index < -0.39 is 38.3 Å². The smallest absolute Gasteiger partial charge is 0.204 e. The monoisotopic (exact) mass is 257 g/mol. The predicted molar refractivity (Wildman–Crippen MR) is 53.1 cm³/mol. The van der Waals surface area contributed by atoms with Crippen LogP contribution < -0.4 is 5.12 Å². The Bertz CT molecular complexity index is 424. The van der Waals surface area contributed by atoms with Gasteiger partial charge in [-0.3, -0.25) is 0 Å². The average molecular weight is 258 g/mol. The lowest BCUT2D eigenvalue weighted by molar-refractivity contribution is 0.462. The van der Waals surface area contributed by atoms with E-state index in [0.29, 0.717) is 6.07 Å². The van der Waals surface area contributed by atoms with Crippen molar-refractivity contribution in [2.45, 2.75) is 6.92 Å². The Hall–Kier alpha value is -0.880.